The number of carbonyl (C=O) groups is 1. The van der Waals surface area contributed by atoms with E-state index in [1.54, 1.807) is 51.1 Å². The van der Waals surface area contributed by atoms with Crippen LogP contribution in [0, 0.1) is 0 Å². The van der Waals surface area contributed by atoms with Crippen molar-refractivity contribution in [2.75, 3.05) is 6.61 Å². The highest BCUT2D eigenvalue weighted by Gasteiger charge is 2.53. The molecule has 0 aliphatic carbocycles. The highest BCUT2D eigenvalue weighted by molar-refractivity contribution is 8.09. The van der Waals surface area contributed by atoms with Gasteiger partial charge in [0.2, 0.25) is 0 Å². The average Bonchev–Trinajstić information content (AvgIpc) is 3.01. The van der Waals surface area contributed by atoms with Gasteiger partial charge in [0.15, 0.2) is 6.23 Å². The van der Waals surface area contributed by atoms with Gasteiger partial charge in [-0.2, -0.15) is 0 Å². The molecule has 1 fully saturated rings. The maximum absolute atomic E-state index is 12.4. The predicted octanol–water partition coefficient (Wildman–Crippen LogP) is 0.796. The summed E-state index contributed by atoms with van der Waals surface area (Å²) in [6.45, 7) is 2.49. The van der Waals surface area contributed by atoms with Crippen molar-refractivity contribution in [2.45, 2.75) is 63.9 Å². The van der Waals surface area contributed by atoms with Gasteiger partial charge in [-0.25, -0.2) is 9.88 Å². The zero-order valence-corrected chi connectivity index (χ0v) is 21.9. The number of aromatic amines is 1. The van der Waals surface area contributed by atoms with Crippen LogP contribution in [0.2, 0.25) is 0 Å². The minimum absolute atomic E-state index is 0.340. The van der Waals surface area contributed by atoms with Crippen LogP contribution in [0.5, 0.6) is 5.75 Å². The largest absolute Gasteiger partial charge is 0.462 e. The molecule has 0 saturated carbocycles. The summed E-state index contributed by atoms with van der Waals surface area (Å²) >= 11 is 5.63. The van der Waals surface area contributed by atoms with E-state index in [-0.39, 0.29) is 12.7 Å². The first-order valence-electron chi connectivity index (χ1n) is 11.2. The fourth-order valence-electron chi connectivity index (χ4n) is 3.50. The third-order valence-corrected chi connectivity index (χ3v) is 7.79. The minimum atomic E-state index is -3.43. The van der Waals surface area contributed by atoms with E-state index < -0.39 is 53.9 Å². The van der Waals surface area contributed by atoms with Gasteiger partial charge in [-0.05, 0) is 51.6 Å². The minimum Gasteiger partial charge on any atom is -0.462 e. The average molecular weight is 544 g/mol. The number of carbonyl (C=O) groups excluding carboxylic acids is 1. The van der Waals surface area contributed by atoms with E-state index in [0.717, 1.165) is 16.8 Å². The first-order valence-corrected chi connectivity index (χ1v) is 13.8. The van der Waals surface area contributed by atoms with Gasteiger partial charge in [0.1, 0.15) is 29.6 Å². The summed E-state index contributed by atoms with van der Waals surface area (Å²) in [4.78, 5) is 38.1. The van der Waals surface area contributed by atoms with Crippen molar-refractivity contribution in [3.63, 3.8) is 0 Å². The molecule has 2 aromatic rings. The topological polar surface area (TPSA) is 161 Å². The number of benzene rings is 1. The Morgan fingerprint density at radius 2 is 1.94 bits per heavy atom. The van der Waals surface area contributed by atoms with E-state index in [0.29, 0.717) is 5.75 Å². The lowest BCUT2D eigenvalue weighted by atomic mass is 9.96. The molecule has 1 aliphatic heterocycles. The summed E-state index contributed by atoms with van der Waals surface area (Å²) in [6.07, 6.45) is -3.14. The van der Waals surface area contributed by atoms with Crippen LogP contribution in [0.3, 0.4) is 0 Å². The molecule has 6 atom stereocenters. The number of aliphatic hydroxyl groups excluding tert-OH is 1. The molecule has 12 nitrogen and oxygen atoms in total. The van der Waals surface area contributed by atoms with E-state index >= 15 is 0 Å². The fraction of sp³-hybridized carbons (Fsp3) is 0.500. The number of esters is 1. The molecule has 0 bridgehead atoms. The predicted molar refractivity (Wildman–Crippen MR) is 133 cm³/mol. The van der Waals surface area contributed by atoms with Crippen molar-refractivity contribution in [3.05, 3.63) is 63.4 Å². The first kappa shape index (κ1) is 28.2. The van der Waals surface area contributed by atoms with Crippen LogP contribution in [0.25, 0.3) is 0 Å². The molecule has 1 unspecified atom stereocenters. The summed E-state index contributed by atoms with van der Waals surface area (Å²) in [5.41, 5.74) is -3.36. The smallest absolute Gasteiger partial charge is 0.330 e. The van der Waals surface area contributed by atoms with Gasteiger partial charge in [0.25, 0.3) is 5.56 Å². The molecule has 14 heteroatoms. The molecule has 2 heterocycles. The van der Waals surface area contributed by atoms with Gasteiger partial charge in [-0.3, -0.25) is 19.1 Å². The van der Waals surface area contributed by atoms with E-state index in [1.807, 2.05) is 0 Å². The summed E-state index contributed by atoms with van der Waals surface area (Å²) < 4.78 is 23.7. The quantitative estimate of drug-likeness (QED) is 0.248. The molecule has 0 amide bonds. The number of para-hydroxylation sites is 1. The Bertz CT molecular complexity index is 1220. The number of H-pyrrole nitrogens is 1. The molecular formula is C22H30N3O9PS. The zero-order chi connectivity index (χ0) is 26.7. The third-order valence-electron chi connectivity index (χ3n) is 5.29. The molecule has 1 aliphatic rings. The van der Waals surface area contributed by atoms with Crippen LogP contribution in [0.4, 0.5) is 0 Å². The summed E-state index contributed by atoms with van der Waals surface area (Å²) in [5, 5.41) is 24.5. The van der Waals surface area contributed by atoms with Crippen molar-refractivity contribution >= 4 is 24.4 Å². The second-order valence-electron chi connectivity index (χ2n) is 8.75. The van der Waals surface area contributed by atoms with Gasteiger partial charge in [-0.1, -0.05) is 18.2 Å². The molecule has 0 radical (unpaired) electrons. The lowest BCUT2D eigenvalue weighted by molar-refractivity contribution is -0.149. The Labute approximate surface area is 212 Å². The van der Waals surface area contributed by atoms with Gasteiger partial charge >= 0.3 is 18.3 Å². The molecular weight excluding hydrogens is 513 g/mol. The van der Waals surface area contributed by atoms with Crippen LogP contribution in [0.15, 0.2) is 52.2 Å². The van der Waals surface area contributed by atoms with Crippen molar-refractivity contribution in [1.82, 2.24) is 14.6 Å². The van der Waals surface area contributed by atoms with E-state index in [4.69, 9.17) is 30.3 Å². The van der Waals surface area contributed by atoms with E-state index in [9.17, 15) is 24.6 Å². The monoisotopic (exact) mass is 543 g/mol. The SMILES string of the molecule is CC(C)OC(=O)[C@@H](C)NP(=S)(OC[C@H]1O[C@@H](n2ccc(=O)[nH]c2=O)[C@](C)(O)[C@@H]1O)Oc1ccccc1. The first-order chi connectivity index (χ1) is 16.8. The molecule has 0 spiro atoms. The summed E-state index contributed by atoms with van der Waals surface area (Å²) in [6, 6.07) is 8.79. The van der Waals surface area contributed by atoms with Crippen LogP contribution < -0.4 is 20.9 Å². The molecule has 1 saturated heterocycles. The Morgan fingerprint density at radius 1 is 1.28 bits per heavy atom. The van der Waals surface area contributed by atoms with Crippen LogP contribution in [-0.4, -0.2) is 62.3 Å². The lowest BCUT2D eigenvalue weighted by Crippen LogP contribution is -2.47. The van der Waals surface area contributed by atoms with Gasteiger partial charge in [0, 0.05) is 12.3 Å². The number of hydrogen-bond donors (Lipinski definition) is 4. The second-order valence-corrected chi connectivity index (χ2v) is 11.9. The van der Waals surface area contributed by atoms with E-state index in [2.05, 4.69) is 10.1 Å². The van der Waals surface area contributed by atoms with Crippen molar-refractivity contribution in [1.29, 1.82) is 0 Å². The number of aliphatic hydroxyl groups is 2. The summed E-state index contributed by atoms with van der Waals surface area (Å²) in [7, 11) is 0. The number of aromatic nitrogens is 2. The molecule has 4 N–H and O–H groups in total. The molecule has 3 rings (SSSR count). The third kappa shape index (κ3) is 6.68. The Morgan fingerprint density at radius 3 is 2.56 bits per heavy atom. The number of rotatable bonds is 10. The van der Waals surface area contributed by atoms with Gasteiger partial charge in [0.05, 0.1) is 12.7 Å². The maximum atomic E-state index is 12.4. The fourth-order valence-corrected chi connectivity index (χ4v) is 5.91. The molecule has 198 valence electrons. The van der Waals surface area contributed by atoms with Crippen molar-refractivity contribution in [3.8, 4) is 5.75 Å². The lowest BCUT2D eigenvalue weighted by Gasteiger charge is -2.28. The normalized spacial score (nSPS) is 26.4. The molecule has 1 aromatic heterocycles. The van der Waals surface area contributed by atoms with Crippen LogP contribution in [-0.2, 0) is 30.6 Å². The van der Waals surface area contributed by atoms with Crippen LogP contribution in [0.1, 0.15) is 33.9 Å². The molecule has 1 aromatic carbocycles. The summed E-state index contributed by atoms with van der Waals surface area (Å²) in [5.74, 6) is -0.174. The van der Waals surface area contributed by atoms with Gasteiger partial charge in [-0.15, -0.1) is 0 Å². The van der Waals surface area contributed by atoms with Crippen LogP contribution >= 0.6 is 6.64 Å². The zero-order valence-electron chi connectivity index (χ0n) is 20.2. The number of ether oxygens (including phenoxy) is 2. The van der Waals surface area contributed by atoms with Gasteiger partial charge < -0.3 is 28.7 Å². The number of hydrogen-bond acceptors (Lipinski definition) is 10. The highest BCUT2D eigenvalue weighted by atomic mass is 32.5. The number of nitrogens with zero attached hydrogens (tertiary/aromatic N) is 1. The Kier molecular flexibility index (Phi) is 8.88. The van der Waals surface area contributed by atoms with Crippen molar-refractivity contribution < 1.29 is 33.5 Å². The Balaban J connectivity index is 1.80. The highest BCUT2D eigenvalue weighted by Crippen LogP contribution is 2.47. The maximum Gasteiger partial charge on any atom is 0.330 e. The second kappa shape index (κ2) is 11.3. The van der Waals surface area contributed by atoms with Crippen molar-refractivity contribution in [2.24, 2.45) is 0 Å². The Hall–Kier alpha value is -2.38. The molecule has 36 heavy (non-hydrogen) atoms. The van der Waals surface area contributed by atoms with E-state index in [1.165, 1.54) is 6.92 Å². The number of nitrogens with one attached hydrogen (secondary N) is 2. The standard InChI is InChI=1S/C22H30N3O9PS/c1-13(2)32-19(28)14(3)24-35(36,34-15-8-6-5-7-9-15)31-12-16-18(27)22(4,30)20(33-16)25-11-10-17(26)23-21(25)29/h5-11,13-14,16,18,20,27,30H,12H2,1-4H3,(H,24,36)(H,23,26,29)/t14-,16-,18-,20-,22-,35?/m1/s1.